The molecular weight excluding hydrogens is 288 g/mol. The van der Waals surface area contributed by atoms with Crippen LogP contribution in [0.5, 0.6) is 0 Å². The largest absolute Gasteiger partial charge is 0.397 e. The number of benzene rings is 1. The van der Waals surface area contributed by atoms with Crippen LogP contribution in [0.4, 0.5) is 11.4 Å². The molecule has 1 aliphatic rings. The van der Waals surface area contributed by atoms with E-state index in [0.29, 0.717) is 16.4 Å². The third-order valence-electron chi connectivity index (χ3n) is 3.99. The maximum atomic E-state index is 12.1. The highest BCUT2D eigenvalue weighted by Crippen LogP contribution is 2.27. The zero-order valence-electron chi connectivity index (χ0n) is 12.6. The Morgan fingerprint density at radius 1 is 1.38 bits per heavy atom. The number of halogens is 1. The summed E-state index contributed by atoms with van der Waals surface area (Å²) >= 11 is 5.86. The SMILES string of the molecule is CC1CCC(OC(C)C(=O)Nc2ccc(Cl)c(N)c2)CC1. The summed E-state index contributed by atoms with van der Waals surface area (Å²) in [4.78, 5) is 12.1. The number of anilines is 2. The van der Waals surface area contributed by atoms with Crippen molar-refractivity contribution in [3.8, 4) is 0 Å². The molecule has 1 aliphatic carbocycles. The molecule has 0 aliphatic heterocycles. The maximum Gasteiger partial charge on any atom is 0.253 e. The fourth-order valence-corrected chi connectivity index (χ4v) is 2.70. The molecule has 1 amide bonds. The van der Waals surface area contributed by atoms with E-state index in [4.69, 9.17) is 22.1 Å². The average Bonchev–Trinajstić information content (AvgIpc) is 2.45. The highest BCUT2D eigenvalue weighted by molar-refractivity contribution is 6.33. The fourth-order valence-electron chi connectivity index (χ4n) is 2.58. The Kier molecular flexibility index (Phi) is 5.48. The Morgan fingerprint density at radius 2 is 2.05 bits per heavy atom. The van der Waals surface area contributed by atoms with Crippen LogP contribution in [0.3, 0.4) is 0 Å². The molecule has 21 heavy (non-hydrogen) atoms. The van der Waals surface area contributed by atoms with Crippen LogP contribution in [0, 0.1) is 5.92 Å². The van der Waals surface area contributed by atoms with E-state index < -0.39 is 6.10 Å². The number of amides is 1. The molecule has 1 saturated carbocycles. The van der Waals surface area contributed by atoms with Crippen LogP contribution in [-0.4, -0.2) is 18.1 Å². The molecule has 1 unspecified atom stereocenters. The first kappa shape index (κ1) is 16.1. The minimum Gasteiger partial charge on any atom is -0.397 e. The molecular formula is C16H23ClN2O2. The van der Waals surface area contributed by atoms with Crippen molar-refractivity contribution in [1.29, 1.82) is 0 Å². The van der Waals surface area contributed by atoms with Gasteiger partial charge in [-0.15, -0.1) is 0 Å². The average molecular weight is 311 g/mol. The number of rotatable bonds is 4. The van der Waals surface area contributed by atoms with Gasteiger partial charge in [-0.05, 0) is 56.7 Å². The summed E-state index contributed by atoms with van der Waals surface area (Å²) in [6.45, 7) is 4.05. The van der Waals surface area contributed by atoms with E-state index in [1.165, 1.54) is 12.8 Å². The van der Waals surface area contributed by atoms with Crippen molar-refractivity contribution in [3.05, 3.63) is 23.2 Å². The van der Waals surface area contributed by atoms with Crippen molar-refractivity contribution in [3.63, 3.8) is 0 Å². The van der Waals surface area contributed by atoms with Crippen molar-refractivity contribution < 1.29 is 9.53 Å². The molecule has 0 radical (unpaired) electrons. The highest BCUT2D eigenvalue weighted by atomic mass is 35.5. The molecule has 1 aromatic rings. The second-order valence-electron chi connectivity index (χ2n) is 5.89. The predicted octanol–water partition coefficient (Wildman–Crippen LogP) is 3.84. The summed E-state index contributed by atoms with van der Waals surface area (Å²) in [5.74, 6) is 0.612. The van der Waals surface area contributed by atoms with Crippen LogP contribution in [0.15, 0.2) is 18.2 Å². The lowest BCUT2D eigenvalue weighted by Crippen LogP contribution is -2.33. The van der Waals surface area contributed by atoms with Gasteiger partial charge in [0.2, 0.25) is 0 Å². The summed E-state index contributed by atoms with van der Waals surface area (Å²) in [7, 11) is 0. The molecule has 1 aromatic carbocycles. The molecule has 0 aromatic heterocycles. The second kappa shape index (κ2) is 7.14. The van der Waals surface area contributed by atoms with Gasteiger partial charge in [-0.1, -0.05) is 18.5 Å². The number of nitrogens with one attached hydrogen (secondary N) is 1. The summed E-state index contributed by atoms with van der Waals surface area (Å²) in [5.41, 5.74) is 6.80. The van der Waals surface area contributed by atoms with Gasteiger partial charge < -0.3 is 15.8 Å². The second-order valence-corrected chi connectivity index (χ2v) is 6.29. The number of carbonyl (C=O) groups is 1. The Hall–Kier alpha value is -1.26. The van der Waals surface area contributed by atoms with Crippen LogP contribution >= 0.6 is 11.6 Å². The fraction of sp³-hybridized carbons (Fsp3) is 0.562. The Labute approximate surface area is 131 Å². The number of nitrogens with two attached hydrogens (primary N) is 1. The summed E-state index contributed by atoms with van der Waals surface area (Å²) in [5, 5.41) is 3.29. The number of ether oxygens (including phenoxy) is 1. The lowest BCUT2D eigenvalue weighted by Gasteiger charge is -2.28. The molecule has 1 atom stereocenters. The molecule has 2 rings (SSSR count). The van der Waals surface area contributed by atoms with Crippen LogP contribution in [-0.2, 0) is 9.53 Å². The first-order valence-electron chi connectivity index (χ1n) is 7.47. The topological polar surface area (TPSA) is 64.3 Å². The normalized spacial score (nSPS) is 23.6. The lowest BCUT2D eigenvalue weighted by atomic mass is 9.89. The molecule has 0 bridgehead atoms. The molecule has 0 spiro atoms. The van der Waals surface area contributed by atoms with Crippen LogP contribution in [0.2, 0.25) is 5.02 Å². The number of carbonyl (C=O) groups excluding carboxylic acids is 1. The Balaban J connectivity index is 1.86. The zero-order valence-corrected chi connectivity index (χ0v) is 13.3. The number of hydrogen-bond donors (Lipinski definition) is 2. The van der Waals surface area contributed by atoms with Crippen molar-refractivity contribution in [2.24, 2.45) is 5.92 Å². The molecule has 3 N–H and O–H groups in total. The number of hydrogen-bond acceptors (Lipinski definition) is 3. The highest BCUT2D eigenvalue weighted by Gasteiger charge is 2.23. The molecule has 5 heteroatoms. The van der Waals surface area contributed by atoms with Crippen LogP contribution < -0.4 is 11.1 Å². The monoisotopic (exact) mass is 310 g/mol. The first-order valence-corrected chi connectivity index (χ1v) is 7.85. The van der Waals surface area contributed by atoms with Crippen LogP contribution in [0.1, 0.15) is 39.5 Å². The Bertz CT molecular complexity index is 499. The van der Waals surface area contributed by atoms with E-state index >= 15 is 0 Å². The van der Waals surface area contributed by atoms with Crippen molar-refractivity contribution in [2.75, 3.05) is 11.1 Å². The quantitative estimate of drug-likeness (QED) is 0.830. The van der Waals surface area contributed by atoms with E-state index in [2.05, 4.69) is 12.2 Å². The van der Waals surface area contributed by atoms with Crippen molar-refractivity contribution in [2.45, 2.75) is 51.7 Å². The number of nitrogen functional groups attached to an aromatic ring is 1. The minimum absolute atomic E-state index is 0.157. The van der Waals surface area contributed by atoms with E-state index in [1.54, 1.807) is 25.1 Å². The lowest BCUT2D eigenvalue weighted by molar-refractivity contribution is -0.131. The molecule has 4 nitrogen and oxygen atoms in total. The maximum absolute atomic E-state index is 12.1. The van der Waals surface area contributed by atoms with Gasteiger partial charge in [0.25, 0.3) is 5.91 Å². The molecule has 0 saturated heterocycles. The third kappa shape index (κ3) is 4.61. The summed E-state index contributed by atoms with van der Waals surface area (Å²) in [6.07, 6.45) is 4.14. The minimum atomic E-state index is -0.472. The Morgan fingerprint density at radius 3 is 2.67 bits per heavy atom. The zero-order chi connectivity index (χ0) is 15.4. The third-order valence-corrected chi connectivity index (χ3v) is 4.34. The van der Waals surface area contributed by atoms with E-state index in [0.717, 1.165) is 18.8 Å². The van der Waals surface area contributed by atoms with Gasteiger partial charge in [0.05, 0.1) is 16.8 Å². The molecule has 1 fully saturated rings. The van der Waals surface area contributed by atoms with Gasteiger partial charge in [0.1, 0.15) is 6.10 Å². The van der Waals surface area contributed by atoms with Crippen molar-refractivity contribution in [1.82, 2.24) is 0 Å². The van der Waals surface area contributed by atoms with E-state index in [-0.39, 0.29) is 12.0 Å². The van der Waals surface area contributed by atoms with Gasteiger partial charge in [-0.2, -0.15) is 0 Å². The first-order chi connectivity index (χ1) is 9.95. The standard InChI is InChI=1S/C16H23ClN2O2/c1-10-3-6-13(7-4-10)21-11(2)16(20)19-12-5-8-14(17)15(18)9-12/h5,8-11,13H,3-4,6-7,18H2,1-2H3,(H,19,20). The predicted molar refractivity (Wildman–Crippen MR) is 86.5 cm³/mol. The van der Waals surface area contributed by atoms with Crippen molar-refractivity contribution >= 4 is 28.9 Å². The smallest absolute Gasteiger partial charge is 0.253 e. The summed E-state index contributed by atoms with van der Waals surface area (Å²) in [6, 6.07) is 5.04. The van der Waals surface area contributed by atoms with Gasteiger partial charge in [-0.3, -0.25) is 4.79 Å². The van der Waals surface area contributed by atoms with E-state index in [1.807, 2.05) is 0 Å². The summed E-state index contributed by atoms with van der Waals surface area (Å²) < 4.78 is 5.86. The van der Waals surface area contributed by atoms with Gasteiger partial charge >= 0.3 is 0 Å². The van der Waals surface area contributed by atoms with Gasteiger partial charge in [-0.25, -0.2) is 0 Å². The molecule has 0 heterocycles. The van der Waals surface area contributed by atoms with Gasteiger partial charge in [0, 0.05) is 5.69 Å². The van der Waals surface area contributed by atoms with E-state index in [9.17, 15) is 4.79 Å². The molecule has 116 valence electrons. The van der Waals surface area contributed by atoms with Crippen LogP contribution in [0.25, 0.3) is 0 Å². The van der Waals surface area contributed by atoms with Gasteiger partial charge in [0.15, 0.2) is 0 Å².